The molecule has 0 aromatic heterocycles. The summed E-state index contributed by atoms with van der Waals surface area (Å²) in [7, 11) is 1.29. The van der Waals surface area contributed by atoms with Gasteiger partial charge in [-0.3, -0.25) is 25.0 Å². The van der Waals surface area contributed by atoms with Crippen molar-refractivity contribution in [2.24, 2.45) is 0 Å². The Labute approximate surface area is 160 Å². The van der Waals surface area contributed by atoms with Crippen LogP contribution in [0.5, 0.6) is 5.75 Å². The van der Waals surface area contributed by atoms with Gasteiger partial charge < -0.3 is 15.0 Å². The van der Waals surface area contributed by atoms with E-state index in [4.69, 9.17) is 4.74 Å². The molecule has 1 saturated heterocycles. The van der Waals surface area contributed by atoms with Crippen LogP contribution in [0.25, 0.3) is 0 Å². The van der Waals surface area contributed by atoms with Crippen LogP contribution in [0.1, 0.15) is 23.2 Å². The summed E-state index contributed by atoms with van der Waals surface area (Å²) in [5, 5.41) is 25.0. The van der Waals surface area contributed by atoms with Crippen molar-refractivity contribution in [3.05, 3.63) is 62.2 Å². The molecule has 0 radical (unpaired) electrons. The Morgan fingerprint density at radius 1 is 1.04 bits per heavy atom. The largest absolute Gasteiger partial charge is 0.490 e. The van der Waals surface area contributed by atoms with Gasteiger partial charge in [0.1, 0.15) is 5.69 Å². The first-order valence-electron chi connectivity index (χ1n) is 8.58. The van der Waals surface area contributed by atoms with E-state index >= 15 is 0 Å². The molecule has 1 amide bonds. The van der Waals surface area contributed by atoms with Crippen LogP contribution in [0.2, 0.25) is 0 Å². The molecule has 0 bridgehead atoms. The third-order valence-electron chi connectivity index (χ3n) is 4.52. The van der Waals surface area contributed by atoms with Gasteiger partial charge in [-0.2, -0.15) is 0 Å². The molecule has 0 unspecified atom stereocenters. The van der Waals surface area contributed by atoms with E-state index in [1.165, 1.54) is 37.4 Å². The number of nitro groups is 2. The molecular weight excluding hydrogens is 368 g/mol. The summed E-state index contributed by atoms with van der Waals surface area (Å²) in [6.45, 7) is 1.49. The molecule has 0 atom stereocenters. The third kappa shape index (κ3) is 3.85. The lowest BCUT2D eigenvalue weighted by Gasteiger charge is -2.17. The van der Waals surface area contributed by atoms with Gasteiger partial charge >= 0.3 is 5.69 Å². The number of hydrogen-bond acceptors (Lipinski definition) is 7. The van der Waals surface area contributed by atoms with E-state index < -0.39 is 15.8 Å². The number of ether oxygens (including phenoxy) is 1. The maximum atomic E-state index is 12.5. The van der Waals surface area contributed by atoms with Crippen LogP contribution in [0, 0.1) is 20.2 Å². The Morgan fingerprint density at radius 3 is 2.32 bits per heavy atom. The van der Waals surface area contributed by atoms with Crippen molar-refractivity contribution in [1.82, 2.24) is 0 Å². The fraction of sp³-hybridized carbons (Fsp3) is 0.278. The van der Waals surface area contributed by atoms with Crippen LogP contribution in [-0.4, -0.2) is 36.0 Å². The van der Waals surface area contributed by atoms with Crippen LogP contribution in [0.3, 0.4) is 0 Å². The minimum atomic E-state index is -0.592. The maximum Gasteiger partial charge on any atom is 0.311 e. The molecule has 1 aliphatic heterocycles. The summed E-state index contributed by atoms with van der Waals surface area (Å²) in [6.07, 6.45) is 1.95. The zero-order chi connectivity index (χ0) is 20.3. The highest BCUT2D eigenvalue weighted by Gasteiger charge is 2.24. The van der Waals surface area contributed by atoms with Gasteiger partial charge in [0.25, 0.3) is 11.6 Å². The molecule has 1 heterocycles. The number of carbonyl (C=O) groups excluding carboxylic acids is 1. The Balaban J connectivity index is 1.85. The lowest BCUT2D eigenvalue weighted by molar-refractivity contribution is -0.385. The second-order valence-corrected chi connectivity index (χ2v) is 6.25. The fourth-order valence-corrected chi connectivity index (χ4v) is 3.15. The molecule has 2 aromatic rings. The average Bonchev–Trinajstić information content (AvgIpc) is 3.21. The fourth-order valence-electron chi connectivity index (χ4n) is 3.15. The van der Waals surface area contributed by atoms with Crippen molar-refractivity contribution in [3.8, 4) is 5.75 Å². The maximum absolute atomic E-state index is 12.5. The predicted molar refractivity (Wildman–Crippen MR) is 102 cm³/mol. The highest BCUT2D eigenvalue weighted by molar-refractivity contribution is 6.05. The van der Waals surface area contributed by atoms with Crippen LogP contribution < -0.4 is 15.0 Å². The molecule has 10 heteroatoms. The summed E-state index contributed by atoms with van der Waals surface area (Å²) >= 11 is 0. The quantitative estimate of drug-likeness (QED) is 0.595. The van der Waals surface area contributed by atoms with Gasteiger partial charge in [0, 0.05) is 42.5 Å². The average molecular weight is 386 g/mol. The second kappa shape index (κ2) is 7.91. The number of amides is 1. The number of anilines is 2. The van der Waals surface area contributed by atoms with Crippen molar-refractivity contribution in [1.29, 1.82) is 0 Å². The molecule has 0 spiro atoms. The van der Waals surface area contributed by atoms with E-state index in [2.05, 4.69) is 5.32 Å². The summed E-state index contributed by atoms with van der Waals surface area (Å²) in [5.41, 5.74) is 0.531. The first kappa shape index (κ1) is 19.1. The molecule has 2 aromatic carbocycles. The van der Waals surface area contributed by atoms with Gasteiger partial charge in [0.15, 0.2) is 5.75 Å². The number of benzene rings is 2. The number of methoxy groups -OCH3 is 1. The summed E-state index contributed by atoms with van der Waals surface area (Å²) in [5.74, 6) is -0.565. The molecule has 1 N–H and O–H groups in total. The number of carbonyl (C=O) groups is 1. The van der Waals surface area contributed by atoms with Crippen molar-refractivity contribution in [2.75, 3.05) is 30.4 Å². The first-order valence-corrected chi connectivity index (χ1v) is 8.58. The standard InChI is InChI=1S/C18H18N4O6/c1-28-17-11-13(5-7-15(17)21(24)25)19-18(23)12-4-6-14(16(10-12)22(26)27)20-8-2-3-9-20/h4-7,10-11H,2-3,8-9H2,1H3,(H,19,23). The van der Waals surface area contributed by atoms with Crippen LogP contribution in [0.4, 0.5) is 22.7 Å². The van der Waals surface area contributed by atoms with Gasteiger partial charge in [-0.25, -0.2) is 0 Å². The zero-order valence-corrected chi connectivity index (χ0v) is 15.1. The highest BCUT2D eigenvalue weighted by atomic mass is 16.6. The summed E-state index contributed by atoms with van der Waals surface area (Å²) < 4.78 is 4.97. The smallest absolute Gasteiger partial charge is 0.311 e. The predicted octanol–water partition coefficient (Wildman–Crippen LogP) is 3.36. The summed E-state index contributed by atoms with van der Waals surface area (Å²) in [6, 6.07) is 8.25. The van der Waals surface area contributed by atoms with Crippen molar-refractivity contribution < 1.29 is 19.4 Å². The molecule has 0 aliphatic carbocycles. The molecule has 0 saturated carbocycles. The van der Waals surface area contributed by atoms with Crippen LogP contribution in [-0.2, 0) is 0 Å². The van der Waals surface area contributed by atoms with Gasteiger partial charge in [-0.15, -0.1) is 0 Å². The number of hydrogen-bond donors (Lipinski definition) is 1. The monoisotopic (exact) mass is 386 g/mol. The van der Waals surface area contributed by atoms with E-state index in [9.17, 15) is 25.0 Å². The van der Waals surface area contributed by atoms with Crippen LogP contribution >= 0.6 is 0 Å². The minimum Gasteiger partial charge on any atom is -0.490 e. The topological polar surface area (TPSA) is 128 Å². The van der Waals surface area contributed by atoms with Crippen molar-refractivity contribution in [2.45, 2.75) is 12.8 Å². The highest BCUT2D eigenvalue weighted by Crippen LogP contribution is 2.33. The lowest BCUT2D eigenvalue weighted by atomic mass is 10.1. The Kier molecular flexibility index (Phi) is 5.39. The number of rotatable bonds is 6. The molecule has 28 heavy (non-hydrogen) atoms. The number of nitrogens with zero attached hydrogens (tertiary/aromatic N) is 3. The van der Waals surface area contributed by atoms with E-state index in [1.807, 2.05) is 4.90 Å². The Hall–Kier alpha value is -3.69. The minimum absolute atomic E-state index is 0.00170. The number of nitro benzene ring substituents is 2. The van der Waals surface area contributed by atoms with E-state index in [-0.39, 0.29) is 28.4 Å². The first-order chi connectivity index (χ1) is 13.4. The van der Waals surface area contributed by atoms with Gasteiger partial charge in [-0.1, -0.05) is 0 Å². The second-order valence-electron chi connectivity index (χ2n) is 6.25. The van der Waals surface area contributed by atoms with Gasteiger partial charge in [0.2, 0.25) is 0 Å². The SMILES string of the molecule is COc1cc(NC(=O)c2ccc(N3CCCC3)c([N+](=O)[O-])c2)ccc1[N+](=O)[O-]. The number of nitrogens with one attached hydrogen (secondary N) is 1. The van der Waals surface area contributed by atoms with E-state index in [0.29, 0.717) is 5.69 Å². The molecule has 10 nitrogen and oxygen atoms in total. The molecule has 146 valence electrons. The molecular formula is C18H18N4O6. The van der Waals surface area contributed by atoms with Crippen molar-refractivity contribution >= 4 is 28.7 Å². The third-order valence-corrected chi connectivity index (χ3v) is 4.52. The van der Waals surface area contributed by atoms with E-state index in [1.54, 1.807) is 6.07 Å². The van der Waals surface area contributed by atoms with Crippen molar-refractivity contribution in [3.63, 3.8) is 0 Å². The summed E-state index contributed by atoms with van der Waals surface area (Å²) in [4.78, 5) is 35.8. The lowest BCUT2D eigenvalue weighted by Crippen LogP contribution is -2.19. The normalized spacial score (nSPS) is 13.2. The molecule has 1 aliphatic rings. The molecule has 3 rings (SSSR count). The zero-order valence-electron chi connectivity index (χ0n) is 15.1. The van der Waals surface area contributed by atoms with Crippen LogP contribution in [0.15, 0.2) is 36.4 Å². The van der Waals surface area contributed by atoms with E-state index in [0.717, 1.165) is 25.9 Å². The van der Waals surface area contributed by atoms with Gasteiger partial charge in [0.05, 0.1) is 17.0 Å². The Bertz CT molecular complexity index is 940. The van der Waals surface area contributed by atoms with Gasteiger partial charge in [-0.05, 0) is 31.0 Å². The molecule has 1 fully saturated rings. The Morgan fingerprint density at radius 2 is 1.71 bits per heavy atom.